The number of rotatable bonds is 2. The predicted octanol–water partition coefficient (Wildman–Crippen LogP) is 2.94. The van der Waals surface area contributed by atoms with Crippen LogP contribution in [0, 0.1) is 0 Å². The molecule has 1 rings (SSSR count). The van der Waals surface area contributed by atoms with E-state index in [2.05, 4.69) is 15.9 Å². The molecule has 0 atom stereocenters. The van der Waals surface area contributed by atoms with Gasteiger partial charge in [0.15, 0.2) is 0 Å². The first-order chi connectivity index (χ1) is 6.91. The molecule has 0 bridgehead atoms. The monoisotopic (exact) mass is 283 g/mol. The number of nitrogens with two attached hydrogens (primary N) is 1. The van der Waals surface area contributed by atoms with Gasteiger partial charge >= 0.3 is 6.18 Å². The maximum Gasteiger partial charge on any atom is 0.417 e. The zero-order valence-corrected chi connectivity index (χ0v) is 9.45. The minimum absolute atomic E-state index is 0.0202. The van der Waals surface area contributed by atoms with E-state index in [1.54, 1.807) is 0 Å². The largest absolute Gasteiger partial charge is 0.496 e. The van der Waals surface area contributed by atoms with Crippen molar-refractivity contribution in [1.82, 2.24) is 0 Å². The van der Waals surface area contributed by atoms with Gasteiger partial charge in [0.1, 0.15) is 5.75 Å². The summed E-state index contributed by atoms with van der Waals surface area (Å²) >= 11 is 2.89. The van der Waals surface area contributed by atoms with Crippen molar-refractivity contribution < 1.29 is 17.9 Å². The fourth-order valence-electron chi connectivity index (χ4n) is 1.20. The molecule has 0 radical (unpaired) electrons. The molecule has 6 heteroatoms. The van der Waals surface area contributed by atoms with Gasteiger partial charge in [-0.25, -0.2) is 0 Å². The van der Waals surface area contributed by atoms with Gasteiger partial charge in [0.05, 0.1) is 12.7 Å². The molecule has 84 valence electrons. The molecular weight excluding hydrogens is 275 g/mol. The number of hydrogen-bond donors (Lipinski definition) is 1. The highest BCUT2D eigenvalue weighted by molar-refractivity contribution is 9.10. The van der Waals surface area contributed by atoms with Crippen molar-refractivity contribution >= 4 is 15.9 Å². The number of ether oxygens (including phenoxy) is 1. The van der Waals surface area contributed by atoms with Crippen LogP contribution < -0.4 is 10.5 Å². The average Bonchev–Trinajstić information content (AvgIpc) is 2.15. The van der Waals surface area contributed by atoms with E-state index < -0.39 is 11.7 Å². The molecule has 0 aliphatic heterocycles. The zero-order chi connectivity index (χ0) is 11.6. The van der Waals surface area contributed by atoms with Crippen molar-refractivity contribution in [2.24, 2.45) is 5.73 Å². The Morgan fingerprint density at radius 3 is 2.40 bits per heavy atom. The third-order valence-corrected chi connectivity index (χ3v) is 2.84. The molecule has 0 aromatic heterocycles. The lowest BCUT2D eigenvalue weighted by Crippen LogP contribution is -2.10. The van der Waals surface area contributed by atoms with Gasteiger partial charge in [-0.3, -0.25) is 0 Å². The Kier molecular flexibility index (Phi) is 3.62. The van der Waals surface area contributed by atoms with Crippen molar-refractivity contribution in [2.45, 2.75) is 12.7 Å². The van der Waals surface area contributed by atoms with Gasteiger partial charge in [-0.05, 0) is 28.1 Å². The molecule has 0 heterocycles. The molecule has 0 saturated heterocycles. The Morgan fingerprint density at radius 2 is 2.00 bits per heavy atom. The Hall–Kier alpha value is -0.750. The second-order valence-electron chi connectivity index (χ2n) is 2.81. The summed E-state index contributed by atoms with van der Waals surface area (Å²) in [6, 6.07) is 2.22. The molecule has 0 fully saturated rings. The van der Waals surface area contributed by atoms with Crippen molar-refractivity contribution in [3.8, 4) is 5.75 Å². The number of benzene rings is 1. The van der Waals surface area contributed by atoms with E-state index in [9.17, 15) is 13.2 Å². The first-order valence-corrected chi connectivity index (χ1v) is 4.83. The summed E-state index contributed by atoms with van der Waals surface area (Å²) in [5.41, 5.74) is 4.93. The summed E-state index contributed by atoms with van der Waals surface area (Å²) in [6.45, 7) is -0.0202. The minimum atomic E-state index is -4.39. The van der Waals surface area contributed by atoms with Crippen LogP contribution in [0.4, 0.5) is 13.2 Å². The third-order valence-electron chi connectivity index (χ3n) is 1.93. The standard InChI is InChI=1S/C9H9BrF3NO/c1-15-7-3-2-6(9(11,12)13)8(10)5(7)4-14/h2-3H,4,14H2,1H3. The quantitative estimate of drug-likeness (QED) is 0.906. The van der Waals surface area contributed by atoms with Gasteiger partial charge in [0.2, 0.25) is 0 Å². The maximum atomic E-state index is 12.5. The van der Waals surface area contributed by atoms with Crippen LogP contribution in [0.2, 0.25) is 0 Å². The number of halogens is 4. The predicted molar refractivity (Wildman–Crippen MR) is 53.6 cm³/mol. The summed E-state index contributed by atoms with van der Waals surface area (Å²) in [6.07, 6.45) is -4.39. The fourth-order valence-corrected chi connectivity index (χ4v) is 1.92. The smallest absolute Gasteiger partial charge is 0.417 e. The van der Waals surface area contributed by atoms with Gasteiger partial charge in [0, 0.05) is 16.6 Å². The lowest BCUT2D eigenvalue weighted by molar-refractivity contribution is -0.138. The summed E-state index contributed by atoms with van der Waals surface area (Å²) in [5.74, 6) is 0.345. The molecule has 0 spiro atoms. The molecule has 15 heavy (non-hydrogen) atoms. The topological polar surface area (TPSA) is 35.2 Å². The molecule has 0 saturated carbocycles. The summed E-state index contributed by atoms with van der Waals surface area (Å²) in [5, 5.41) is 0. The lowest BCUT2D eigenvalue weighted by Gasteiger charge is -2.14. The second kappa shape index (κ2) is 4.40. The maximum absolute atomic E-state index is 12.5. The number of methoxy groups -OCH3 is 1. The Bertz CT molecular complexity index is 365. The van der Waals surface area contributed by atoms with Crippen LogP contribution in [0.5, 0.6) is 5.75 Å². The first-order valence-electron chi connectivity index (χ1n) is 4.04. The molecule has 0 aliphatic rings. The van der Waals surface area contributed by atoms with E-state index in [0.717, 1.165) is 6.07 Å². The molecule has 0 aliphatic carbocycles. The van der Waals surface area contributed by atoms with E-state index in [1.165, 1.54) is 13.2 Å². The highest BCUT2D eigenvalue weighted by Crippen LogP contribution is 2.39. The lowest BCUT2D eigenvalue weighted by atomic mass is 10.1. The first kappa shape index (κ1) is 12.3. The van der Waals surface area contributed by atoms with E-state index in [0.29, 0.717) is 11.3 Å². The highest BCUT2D eigenvalue weighted by Gasteiger charge is 2.34. The van der Waals surface area contributed by atoms with Crippen LogP contribution in [-0.2, 0) is 12.7 Å². The fraction of sp³-hybridized carbons (Fsp3) is 0.333. The van der Waals surface area contributed by atoms with Crippen LogP contribution in [0.15, 0.2) is 16.6 Å². The molecule has 1 aromatic carbocycles. The van der Waals surface area contributed by atoms with Gasteiger partial charge in [0.25, 0.3) is 0 Å². The molecule has 2 nitrogen and oxygen atoms in total. The molecule has 0 amide bonds. The van der Waals surface area contributed by atoms with Gasteiger partial charge < -0.3 is 10.5 Å². The van der Waals surface area contributed by atoms with Gasteiger partial charge in [-0.15, -0.1) is 0 Å². The molecule has 2 N–H and O–H groups in total. The molecular formula is C9H9BrF3NO. The van der Waals surface area contributed by atoms with E-state index >= 15 is 0 Å². The Morgan fingerprint density at radius 1 is 1.40 bits per heavy atom. The van der Waals surface area contributed by atoms with Crippen LogP contribution in [0.3, 0.4) is 0 Å². The highest BCUT2D eigenvalue weighted by atomic mass is 79.9. The summed E-state index contributed by atoms with van der Waals surface area (Å²) < 4.78 is 42.3. The minimum Gasteiger partial charge on any atom is -0.496 e. The SMILES string of the molecule is COc1ccc(C(F)(F)F)c(Br)c1CN. The van der Waals surface area contributed by atoms with Crippen LogP contribution in [0.1, 0.15) is 11.1 Å². The molecule has 0 unspecified atom stereocenters. The van der Waals surface area contributed by atoms with Crippen molar-refractivity contribution in [3.05, 3.63) is 27.7 Å². The van der Waals surface area contributed by atoms with Crippen molar-refractivity contribution in [2.75, 3.05) is 7.11 Å². The Labute approximate surface area is 93.3 Å². The van der Waals surface area contributed by atoms with E-state index in [1.807, 2.05) is 0 Å². The average molecular weight is 284 g/mol. The van der Waals surface area contributed by atoms with E-state index in [4.69, 9.17) is 10.5 Å². The van der Waals surface area contributed by atoms with E-state index in [-0.39, 0.29) is 11.0 Å². The van der Waals surface area contributed by atoms with Crippen molar-refractivity contribution in [3.63, 3.8) is 0 Å². The molecule has 1 aromatic rings. The Balaban J connectivity index is 3.36. The number of alkyl halides is 3. The zero-order valence-electron chi connectivity index (χ0n) is 7.86. The third kappa shape index (κ3) is 2.43. The van der Waals surface area contributed by atoms with Gasteiger partial charge in [-0.1, -0.05) is 0 Å². The second-order valence-corrected chi connectivity index (χ2v) is 3.60. The summed E-state index contributed by atoms with van der Waals surface area (Å²) in [7, 11) is 1.38. The van der Waals surface area contributed by atoms with Crippen LogP contribution in [-0.4, -0.2) is 7.11 Å². The van der Waals surface area contributed by atoms with Crippen LogP contribution in [0.25, 0.3) is 0 Å². The normalized spacial score (nSPS) is 11.6. The number of hydrogen-bond acceptors (Lipinski definition) is 2. The van der Waals surface area contributed by atoms with Crippen LogP contribution >= 0.6 is 15.9 Å². The summed E-state index contributed by atoms with van der Waals surface area (Å²) in [4.78, 5) is 0. The van der Waals surface area contributed by atoms with Gasteiger partial charge in [-0.2, -0.15) is 13.2 Å². The van der Waals surface area contributed by atoms with Crippen molar-refractivity contribution in [1.29, 1.82) is 0 Å².